The topological polar surface area (TPSA) is 53.5 Å². The Morgan fingerprint density at radius 3 is 2.33 bits per heavy atom. The number of nitrogens with zero attached hydrogens (tertiary/aromatic N) is 3. The average Bonchev–Trinajstić information content (AvgIpc) is 3.06. The van der Waals surface area contributed by atoms with Gasteiger partial charge in [0, 0.05) is 47.6 Å². The van der Waals surface area contributed by atoms with Gasteiger partial charge in [-0.2, -0.15) is 4.31 Å². The minimum absolute atomic E-state index is 0.156. The fourth-order valence-corrected chi connectivity index (χ4v) is 5.45. The molecule has 0 radical (unpaired) electrons. The first-order chi connectivity index (χ1) is 11.4. The summed E-state index contributed by atoms with van der Waals surface area (Å²) in [6.45, 7) is 6.84. The van der Waals surface area contributed by atoms with Crippen molar-refractivity contribution in [2.24, 2.45) is 0 Å². The lowest BCUT2D eigenvalue weighted by Crippen LogP contribution is -2.50. The third-order valence-corrected chi connectivity index (χ3v) is 7.53. The van der Waals surface area contributed by atoms with Crippen LogP contribution in [0.25, 0.3) is 10.6 Å². The van der Waals surface area contributed by atoms with Gasteiger partial charge in [-0.1, -0.05) is 28.1 Å². The summed E-state index contributed by atoms with van der Waals surface area (Å²) in [5, 5.41) is 2.52. The van der Waals surface area contributed by atoms with Gasteiger partial charge in [-0.15, -0.1) is 11.3 Å². The largest absolute Gasteiger partial charge is 0.298 e. The zero-order valence-corrected chi connectivity index (χ0v) is 16.9. The van der Waals surface area contributed by atoms with Crippen molar-refractivity contribution in [3.8, 4) is 10.6 Å². The summed E-state index contributed by atoms with van der Waals surface area (Å²) in [5.74, 6) is 0. The van der Waals surface area contributed by atoms with Crippen molar-refractivity contribution in [3.05, 3.63) is 34.1 Å². The van der Waals surface area contributed by atoms with Crippen molar-refractivity contribution in [2.75, 3.05) is 26.2 Å². The number of halogens is 1. The molecule has 1 saturated heterocycles. The number of piperazine rings is 1. The van der Waals surface area contributed by atoms with Gasteiger partial charge in [0.15, 0.2) is 5.03 Å². The molecule has 0 spiro atoms. The molecule has 0 atom stereocenters. The summed E-state index contributed by atoms with van der Waals surface area (Å²) in [6, 6.07) is 8.16. The first-order valence-electron chi connectivity index (χ1n) is 7.83. The van der Waals surface area contributed by atoms with Crippen LogP contribution in [0, 0.1) is 0 Å². The fraction of sp³-hybridized carbons (Fsp3) is 0.438. The quantitative estimate of drug-likeness (QED) is 0.747. The zero-order chi connectivity index (χ0) is 17.3. The van der Waals surface area contributed by atoms with E-state index in [2.05, 4.69) is 39.7 Å². The van der Waals surface area contributed by atoms with Gasteiger partial charge < -0.3 is 0 Å². The maximum absolute atomic E-state index is 12.8. The summed E-state index contributed by atoms with van der Waals surface area (Å²) in [5.41, 5.74) is 0.925. The van der Waals surface area contributed by atoms with E-state index in [1.165, 1.54) is 11.3 Å². The van der Waals surface area contributed by atoms with E-state index in [1.807, 2.05) is 24.3 Å². The summed E-state index contributed by atoms with van der Waals surface area (Å²) in [4.78, 5) is 6.66. The molecule has 130 valence electrons. The Balaban J connectivity index is 1.78. The van der Waals surface area contributed by atoms with E-state index in [1.54, 1.807) is 9.69 Å². The molecule has 1 aliphatic rings. The molecule has 1 fully saturated rings. The van der Waals surface area contributed by atoms with Crippen LogP contribution in [-0.4, -0.2) is 54.8 Å². The fourth-order valence-electron chi connectivity index (χ4n) is 2.70. The SMILES string of the molecule is CC(C)N1CCN(S(=O)(=O)c2csc(-c3ccc(Br)cc3)n2)CC1. The van der Waals surface area contributed by atoms with Gasteiger partial charge in [-0.05, 0) is 26.0 Å². The lowest BCUT2D eigenvalue weighted by Gasteiger charge is -2.35. The number of rotatable bonds is 4. The minimum Gasteiger partial charge on any atom is -0.298 e. The molecule has 0 amide bonds. The van der Waals surface area contributed by atoms with Crippen molar-refractivity contribution >= 4 is 37.3 Å². The lowest BCUT2D eigenvalue weighted by atomic mass is 10.2. The standard InChI is InChI=1S/C16H20BrN3O2S2/c1-12(2)19-7-9-20(10-8-19)24(21,22)15-11-23-16(18-15)13-3-5-14(17)6-4-13/h3-6,11-12H,7-10H2,1-2H3. The normalized spacial score (nSPS) is 17.5. The van der Waals surface area contributed by atoms with E-state index in [-0.39, 0.29) is 5.03 Å². The highest BCUT2D eigenvalue weighted by molar-refractivity contribution is 9.10. The van der Waals surface area contributed by atoms with Crippen LogP contribution in [-0.2, 0) is 10.0 Å². The smallest absolute Gasteiger partial charge is 0.261 e. The summed E-state index contributed by atoms with van der Waals surface area (Å²) in [7, 11) is -3.51. The zero-order valence-electron chi connectivity index (χ0n) is 13.6. The van der Waals surface area contributed by atoms with Gasteiger partial charge in [-0.3, -0.25) is 4.90 Å². The summed E-state index contributed by atoms with van der Waals surface area (Å²) < 4.78 is 28.1. The molecule has 24 heavy (non-hydrogen) atoms. The molecule has 2 heterocycles. The highest BCUT2D eigenvalue weighted by Gasteiger charge is 2.31. The highest BCUT2D eigenvalue weighted by atomic mass is 79.9. The number of aromatic nitrogens is 1. The van der Waals surface area contributed by atoms with Gasteiger partial charge in [-0.25, -0.2) is 13.4 Å². The molecule has 0 aliphatic carbocycles. The van der Waals surface area contributed by atoms with E-state index in [4.69, 9.17) is 0 Å². The van der Waals surface area contributed by atoms with Crippen molar-refractivity contribution in [1.29, 1.82) is 0 Å². The van der Waals surface area contributed by atoms with Crippen LogP contribution in [0.2, 0.25) is 0 Å². The van der Waals surface area contributed by atoms with Crippen LogP contribution in [0.1, 0.15) is 13.8 Å². The average molecular weight is 430 g/mol. The maximum atomic E-state index is 12.8. The number of hydrogen-bond acceptors (Lipinski definition) is 5. The van der Waals surface area contributed by atoms with Crippen LogP contribution >= 0.6 is 27.3 Å². The molecule has 1 aliphatic heterocycles. The van der Waals surface area contributed by atoms with Gasteiger partial charge >= 0.3 is 0 Å². The maximum Gasteiger partial charge on any atom is 0.261 e. The second kappa shape index (κ2) is 7.21. The molecular weight excluding hydrogens is 410 g/mol. The van der Waals surface area contributed by atoms with Gasteiger partial charge in [0.1, 0.15) is 5.01 Å². The molecular formula is C16H20BrN3O2S2. The predicted octanol–water partition coefficient (Wildman–Crippen LogP) is 3.29. The van der Waals surface area contributed by atoms with Crippen LogP contribution in [0.5, 0.6) is 0 Å². The molecule has 0 N–H and O–H groups in total. The van der Waals surface area contributed by atoms with Crippen LogP contribution in [0.15, 0.2) is 39.1 Å². The number of benzene rings is 1. The number of thiazole rings is 1. The Labute approximate surface area is 155 Å². The lowest BCUT2D eigenvalue weighted by molar-refractivity contribution is 0.154. The van der Waals surface area contributed by atoms with Gasteiger partial charge in [0.25, 0.3) is 10.0 Å². The Kier molecular flexibility index (Phi) is 5.41. The second-order valence-corrected chi connectivity index (χ2v) is 9.69. The van der Waals surface area contributed by atoms with E-state index in [0.717, 1.165) is 28.1 Å². The monoisotopic (exact) mass is 429 g/mol. The van der Waals surface area contributed by atoms with Crippen molar-refractivity contribution in [2.45, 2.75) is 24.9 Å². The highest BCUT2D eigenvalue weighted by Crippen LogP contribution is 2.28. The van der Waals surface area contributed by atoms with Crippen molar-refractivity contribution in [1.82, 2.24) is 14.2 Å². The molecule has 1 aromatic heterocycles. The van der Waals surface area contributed by atoms with Gasteiger partial charge in [0.05, 0.1) is 0 Å². The molecule has 5 nitrogen and oxygen atoms in total. The van der Waals surface area contributed by atoms with Crippen molar-refractivity contribution in [3.63, 3.8) is 0 Å². The van der Waals surface area contributed by atoms with Crippen molar-refractivity contribution < 1.29 is 8.42 Å². The third-order valence-electron chi connectivity index (χ3n) is 4.18. The summed E-state index contributed by atoms with van der Waals surface area (Å²) >= 11 is 4.76. The molecule has 3 rings (SSSR count). The van der Waals surface area contributed by atoms with E-state index >= 15 is 0 Å². The van der Waals surface area contributed by atoms with Crippen LogP contribution in [0.3, 0.4) is 0 Å². The van der Waals surface area contributed by atoms with E-state index in [0.29, 0.717) is 19.1 Å². The Morgan fingerprint density at radius 1 is 1.12 bits per heavy atom. The van der Waals surface area contributed by atoms with E-state index < -0.39 is 10.0 Å². The third kappa shape index (κ3) is 3.72. The molecule has 8 heteroatoms. The Hall–Kier alpha value is -0.800. The molecule has 0 bridgehead atoms. The first-order valence-corrected chi connectivity index (χ1v) is 10.9. The van der Waals surface area contributed by atoms with Crippen LogP contribution in [0.4, 0.5) is 0 Å². The Morgan fingerprint density at radius 2 is 1.75 bits per heavy atom. The predicted molar refractivity (Wildman–Crippen MR) is 101 cm³/mol. The number of hydrogen-bond donors (Lipinski definition) is 0. The number of sulfonamides is 1. The van der Waals surface area contributed by atoms with Crippen LogP contribution < -0.4 is 0 Å². The molecule has 2 aromatic rings. The minimum atomic E-state index is -3.51. The van der Waals surface area contributed by atoms with E-state index in [9.17, 15) is 8.42 Å². The molecule has 0 unspecified atom stereocenters. The summed E-state index contributed by atoms with van der Waals surface area (Å²) in [6.07, 6.45) is 0. The Bertz CT molecular complexity index is 795. The molecule has 0 saturated carbocycles. The molecule has 1 aromatic carbocycles. The first kappa shape index (κ1) is 18.0. The second-order valence-electron chi connectivity index (χ2n) is 6.03. The van der Waals surface area contributed by atoms with Gasteiger partial charge in [0.2, 0.25) is 0 Å².